The maximum absolute atomic E-state index is 12.5. The van der Waals surface area contributed by atoms with Crippen molar-refractivity contribution in [3.63, 3.8) is 0 Å². The van der Waals surface area contributed by atoms with Crippen LogP contribution in [0.2, 0.25) is 0 Å². The third kappa shape index (κ3) is 3.85. The van der Waals surface area contributed by atoms with Crippen molar-refractivity contribution in [3.05, 3.63) is 47.8 Å². The zero-order valence-corrected chi connectivity index (χ0v) is 7.61. The van der Waals surface area contributed by atoms with Gasteiger partial charge in [-0.2, -0.15) is 0 Å². The first-order valence-electron chi connectivity index (χ1n) is 4.32. The van der Waals surface area contributed by atoms with E-state index in [9.17, 15) is 9.18 Å². The van der Waals surface area contributed by atoms with Gasteiger partial charge < -0.3 is 5.11 Å². The standard InChI is InChI=1S/C11H11FO2/c12-10-7-5-9(6-8-10)3-1-2-4-11(13)14/h2,4-8H,1,3H2,(H,13,14). The van der Waals surface area contributed by atoms with Crippen LogP contribution in [-0.4, -0.2) is 11.1 Å². The zero-order chi connectivity index (χ0) is 10.4. The highest BCUT2D eigenvalue weighted by Crippen LogP contribution is 2.05. The molecule has 74 valence electrons. The van der Waals surface area contributed by atoms with Crippen LogP contribution in [0, 0.1) is 5.82 Å². The minimum Gasteiger partial charge on any atom is -0.478 e. The van der Waals surface area contributed by atoms with Crippen LogP contribution >= 0.6 is 0 Å². The lowest BCUT2D eigenvalue weighted by molar-refractivity contribution is -0.131. The average molecular weight is 194 g/mol. The highest BCUT2D eigenvalue weighted by atomic mass is 19.1. The van der Waals surface area contributed by atoms with Crippen molar-refractivity contribution in [1.82, 2.24) is 0 Å². The van der Waals surface area contributed by atoms with E-state index in [1.807, 2.05) is 0 Å². The maximum Gasteiger partial charge on any atom is 0.327 e. The lowest BCUT2D eigenvalue weighted by Gasteiger charge is -1.96. The molecular formula is C11H11FO2. The number of carboxylic acids is 1. The smallest absolute Gasteiger partial charge is 0.327 e. The fraction of sp³-hybridized carbons (Fsp3) is 0.182. The maximum atomic E-state index is 12.5. The molecule has 1 rings (SSSR count). The number of hydrogen-bond donors (Lipinski definition) is 1. The lowest BCUT2D eigenvalue weighted by Crippen LogP contribution is -1.87. The summed E-state index contributed by atoms with van der Waals surface area (Å²) in [5.41, 5.74) is 1.00. The predicted molar refractivity (Wildman–Crippen MR) is 51.5 cm³/mol. The van der Waals surface area contributed by atoms with E-state index >= 15 is 0 Å². The van der Waals surface area contributed by atoms with Crippen LogP contribution in [0.4, 0.5) is 4.39 Å². The molecule has 0 atom stereocenters. The minimum atomic E-state index is -0.941. The Bertz CT molecular complexity index is 328. The van der Waals surface area contributed by atoms with Gasteiger partial charge in [0.15, 0.2) is 0 Å². The Hall–Kier alpha value is -1.64. The Morgan fingerprint density at radius 2 is 2.00 bits per heavy atom. The Morgan fingerprint density at radius 3 is 2.57 bits per heavy atom. The van der Waals surface area contributed by atoms with Gasteiger partial charge in [0.2, 0.25) is 0 Å². The molecule has 1 aromatic carbocycles. The first-order valence-corrected chi connectivity index (χ1v) is 4.32. The molecule has 0 spiro atoms. The summed E-state index contributed by atoms with van der Waals surface area (Å²) >= 11 is 0. The third-order valence-corrected chi connectivity index (χ3v) is 1.77. The van der Waals surface area contributed by atoms with Gasteiger partial charge in [0.25, 0.3) is 0 Å². The number of benzene rings is 1. The number of halogens is 1. The van der Waals surface area contributed by atoms with Crippen LogP contribution in [0.25, 0.3) is 0 Å². The van der Waals surface area contributed by atoms with Gasteiger partial charge in [-0.25, -0.2) is 9.18 Å². The topological polar surface area (TPSA) is 37.3 Å². The van der Waals surface area contributed by atoms with Gasteiger partial charge in [-0.15, -0.1) is 0 Å². The number of aryl methyl sites for hydroxylation is 1. The number of rotatable bonds is 4. The molecule has 2 nitrogen and oxygen atoms in total. The summed E-state index contributed by atoms with van der Waals surface area (Å²) in [4.78, 5) is 10.1. The molecule has 0 aliphatic rings. The first-order chi connectivity index (χ1) is 6.68. The summed E-state index contributed by atoms with van der Waals surface area (Å²) in [6, 6.07) is 6.19. The molecule has 0 fully saturated rings. The molecule has 1 aromatic rings. The molecule has 0 saturated heterocycles. The molecule has 0 bridgehead atoms. The Balaban J connectivity index is 2.39. The van der Waals surface area contributed by atoms with Gasteiger partial charge in [0.05, 0.1) is 0 Å². The van der Waals surface area contributed by atoms with Crippen molar-refractivity contribution in [2.75, 3.05) is 0 Å². The van der Waals surface area contributed by atoms with Crippen LogP contribution in [0.5, 0.6) is 0 Å². The molecule has 0 heterocycles. The molecule has 0 aromatic heterocycles. The molecule has 0 amide bonds. The van der Waals surface area contributed by atoms with E-state index in [1.165, 1.54) is 12.1 Å². The summed E-state index contributed by atoms with van der Waals surface area (Å²) in [6.45, 7) is 0. The van der Waals surface area contributed by atoms with E-state index in [1.54, 1.807) is 18.2 Å². The van der Waals surface area contributed by atoms with Crippen molar-refractivity contribution in [3.8, 4) is 0 Å². The summed E-state index contributed by atoms with van der Waals surface area (Å²) in [5.74, 6) is -1.20. The summed E-state index contributed by atoms with van der Waals surface area (Å²) < 4.78 is 12.5. The molecule has 14 heavy (non-hydrogen) atoms. The third-order valence-electron chi connectivity index (χ3n) is 1.77. The average Bonchev–Trinajstić information content (AvgIpc) is 2.15. The van der Waals surface area contributed by atoms with E-state index in [2.05, 4.69) is 0 Å². The predicted octanol–water partition coefficient (Wildman–Crippen LogP) is 2.40. The first kappa shape index (κ1) is 10.4. The quantitative estimate of drug-likeness (QED) is 0.747. The number of allylic oxidation sites excluding steroid dienone is 1. The number of carbonyl (C=O) groups is 1. The molecule has 0 aliphatic carbocycles. The van der Waals surface area contributed by atoms with Crippen molar-refractivity contribution < 1.29 is 14.3 Å². The van der Waals surface area contributed by atoms with Crippen molar-refractivity contribution in [2.24, 2.45) is 0 Å². The Kier molecular flexibility index (Phi) is 3.85. The molecule has 0 saturated carbocycles. The van der Waals surface area contributed by atoms with Gasteiger partial charge in [-0.3, -0.25) is 0 Å². The molecule has 1 N–H and O–H groups in total. The second-order valence-electron chi connectivity index (χ2n) is 2.91. The minimum absolute atomic E-state index is 0.255. The van der Waals surface area contributed by atoms with Crippen LogP contribution in [0.15, 0.2) is 36.4 Å². The van der Waals surface area contributed by atoms with Crippen molar-refractivity contribution >= 4 is 5.97 Å². The zero-order valence-electron chi connectivity index (χ0n) is 7.61. The van der Waals surface area contributed by atoms with E-state index in [-0.39, 0.29) is 5.82 Å². The van der Waals surface area contributed by atoms with Gasteiger partial charge in [-0.05, 0) is 30.5 Å². The summed E-state index contributed by atoms with van der Waals surface area (Å²) in [5, 5.41) is 8.31. The van der Waals surface area contributed by atoms with Gasteiger partial charge in [-0.1, -0.05) is 18.2 Å². The van der Waals surface area contributed by atoms with E-state index < -0.39 is 5.97 Å². The van der Waals surface area contributed by atoms with E-state index in [4.69, 9.17) is 5.11 Å². The molecule has 0 unspecified atom stereocenters. The number of aliphatic carboxylic acids is 1. The van der Waals surface area contributed by atoms with Crippen LogP contribution in [0.1, 0.15) is 12.0 Å². The van der Waals surface area contributed by atoms with Gasteiger partial charge in [0.1, 0.15) is 5.82 Å². The molecule has 0 radical (unpaired) electrons. The number of hydrogen-bond acceptors (Lipinski definition) is 1. The highest BCUT2D eigenvalue weighted by molar-refractivity contribution is 5.79. The summed E-state index contributed by atoms with van der Waals surface area (Å²) in [6.07, 6.45) is 4.08. The van der Waals surface area contributed by atoms with Gasteiger partial charge in [0, 0.05) is 6.08 Å². The second kappa shape index (κ2) is 5.17. The van der Waals surface area contributed by atoms with E-state index in [0.29, 0.717) is 6.42 Å². The Labute approximate surface area is 81.7 Å². The fourth-order valence-electron chi connectivity index (χ4n) is 1.09. The highest BCUT2D eigenvalue weighted by Gasteiger charge is 1.92. The number of carboxylic acid groups (broad SMARTS) is 1. The molecular weight excluding hydrogens is 183 g/mol. The van der Waals surface area contributed by atoms with E-state index in [0.717, 1.165) is 18.1 Å². The SMILES string of the molecule is O=C(O)C=CCCc1ccc(F)cc1. The Morgan fingerprint density at radius 1 is 1.36 bits per heavy atom. The molecule has 3 heteroatoms. The van der Waals surface area contributed by atoms with Crippen molar-refractivity contribution in [1.29, 1.82) is 0 Å². The fourth-order valence-corrected chi connectivity index (χ4v) is 1.09. The largest absolute Gasteiger partial charge is 0.478 e. The van der Waals surface area contributed by atoms with Crippen LogP contribution < -0.4 is 0 Å². The monoisotopic (exact) mass is 194 g/mol. The van der Waals surface area contributed by atoms with Crippen LogP contribution in [0.3, 0.4) is 0 Å². The lowest BCUT2D eigenvalue weighted by atomic mass is 10.1. The second-order valence-corrected chi connectivity index (χ2v) is 2.91. The van der Waals surface area contributed by atoms with Gasteiger partial charge >= 0.3 is 5.97 Å². The van der Waals surface area contributed by atoms with Crippen molar-refractivity contribution in [2.45, 2.75) is 12.8 Å². The summed E-state index contributed by atoms with van der Waals surface area (Å²) in [7, 11) is 0. The normalized spacial score (nSPS) is 10.6. The molecule has 0 aliphatic heterocycles. The van der Waals surface area contributed by atoms with Crippen LogP contribution in [-0.2, 0) is 11.2 Å².